The van der Waals surface area contributed by atoms with Crippen molar-refractivity contribution in [1.29, 1.82) is 0 Å². The number of benzene rings is 2. The van der Waals surface area contributed by atoms with Gasteiger partial charge in [0.25, 0.3) is 0 Å². The molecule has 7 nitrogen and oxygen atoms in total. The number of aliphatic imine (C=N–C) groups is 1. The van der Waals surface area contributed by atoms with E-state index in [-0.39, 0.29) is 29.9 Å². The molecule has 0 aliphatic heterocycles. The molecule has 0 bridgehead atoms. The molecule has 0 saturated heterocycles. The molecule has 0 saturated carbocycles. The number of amides is 1. The molecule has 0 atom stereocenters. The van der Waals surface area contributed by atoms with Gasteiger partial charge in [-0.2, -0.15) is 5.10 Å². The second-order valence-electron chi connectivity index (χ2n) is 6.90. The summed E-state index contributed by atoms with van der Waals surface area (Å²) in [6.45, 7) is 6.22. The van der Waals surface area contributed by atoms with Crippen LogP contribution in [0.5, 0.6) is 0 Å². The molecule has 0 radical (unpaired) electrons. The Morgan fingerprint density at radius 1 is 1.06 bits per heavy atom. The molecule has 164 valence electrons. The van der Waals surface area contributed by atoms with E-state index in [1.807, 2.05) is 60.3 Å². The zero-order valence-corrected chi connectivity index (χ0v) is 20.2. The first-order valence-electron chi connectivity index (χ1n) is 10.1. The van der Waals surface area contributed by atoms with Gasteiger partial charge in [-0.05, 0) is 41.8 Å². The van der Waals surface area contributed by atoms with E-state index in [4.69, 9.17) is 0 Å². The zero-order valence-electron chi connectivity index (χ0n) is 17.8. The Morgan fingerprint density at radius 3 is 2.58 bits per heavy atom. The Morgan fingerprint density at radius 2 is 1.87 bits per heavy atom. The first kappa shape index (κ1) is 24.4. The normalized spacial score (nSPS) is 10.8. The molecule has 1 amide bonds. The van der Waals surface area contributed by atoms with Crippen LogP contribution in [0.1, 0.15) is 30.5 Å². The molecular weight excluding hydrogens is 503 g/mol. The number of nitrogens with zero attached hydrogens (tertiary/aromatic N) is 3. The topological polar surface area (TPSA) is 83.3 Å². The number of hydrogen-bond acceptors (Lipinski definition) is 3. The minimum atomic E-state index is -0.0839. The van der Waals surface area contributed by atoms with Gasteiger partial charge in [-0.3, -0.25) is 9.48 Å². The molecule has 1 aromatic heterocycles. The average Bonchev–Trinajstić information content (AvgIpc) is 3.24. The van der Waals surface area contributed by atoms with Crippen LogP contribution < -0.4 is 16.0 Å². The fourth-order valence-electron chi connectivity index (χ4n) is 3.09. The van der Waals surface area contributed by atoms with Crippen molar-refractivity contribution in [3.63, 3.8) is 0 Å². The standard InChI is InChI=1S/C23H28N6O.HI/c1-3-24-23(25-15-19-8-6-11-22(14-19)28-18(2)30)26-16-20-9-4-5-10-21(20)17-29-13-7-12-27-29;/h4-14H,3,15-17H2,1-2H3,(H,28,30)(H2,24,25,26);1H. The maximum atomic E-state index is 11.3. The quantitative estimate of drug-likeness (QED) is 0.235. The second-order valence-corrected chi connectivity index (χ2v) is 6.90. The Bertz CT molecular complexity index is 987. The first-order chi connectivity index (χ1) is 14.6. The van der Waals surface area contributed by atoms with Gasteiger partial charge >= 0.3 is 0 Å². The number of hydrogen-bond donors (Lipinski definition) is 3. The predicted molar refractivity (Wildman–Crippen MR) is 136 cm³/mol. The number of nitrogens with one attached hydrogen (secondary N) is 3. The summed E-state index contributed by atoms with van der Waals surface area (Å²) in [5.74, 6) is 0.663. The number of guanidine groups is 1. The highest BCUT2D eigenvalue weighted by Crippen LogP contribution is 2.12. The number of carbonyl (C=O) groups excluding carboxylic acids is 1. The van der Waals surface area contributed by atoms with Crippen LogP contribution in [-0.2, 0) is 24.4 Å². The highest BCUT2D eigenvalue weighted by atomic mass is 127. The Balaban J connectivity index is 0.00000341. The van der Waals surface area contributed by atoms with Crippen LogP contribution in [0.15, 0.2) is 72.0 Å². The lowest BCUT2D eigenvalue weighted by Gasteiger charge is -2.14. The van der Waals surface area contributed by atoms with E-state index in [2.05, 4.69) is 38.2 Å². The van der Waals surface area contributed by atoms with Crippen LogP contribution in [-0.4, -0.2) is 28.2 Å². The van der Waals surface area contributed by atoms with Gasteiger partial charge in [0.05, 0.1) is 13.1 Å². The summed E-state index contributed by atoms with van der Waals surface area (Å²) in [5, 5.41) is 13.8. The van der Waals surface area contributed by atoms with Crippen molar-refractivity contribution >= 4 is 41.5 Å². The van der Waals surface area contributed by atoms with Crippen LogP contribution in [0.4, 0.5) is 5.69 Å². The van der Waals surface area contributed by atoms with E-state index < -0.39 is 0 Å². The molecule has 0 aliphatic rings. The molecular formula is C23H29IN6O. The van der Waals surface area contributed by atoms with Gasteiger partial charge in [0.1, 0.15) is 0 Å². The van der Waals surface area contributed by atoms with Gasteiger partial charge in [0, 0.05) is 38.1 Å². The lowest BCUT2D eigenvalue weighted by atomic mass is 10.1. The van der Waals surface area contributed by atoms with Gasteiger partial charge in [0.2, 0.25) is 5.91 Å². The molecule has 0 aliphatic carbocycles. The lowest BCUT2D eigenvalue weighted by molar-refractivity contribution is -0.114. The Kier molecular flexibility index (Phi) is 10.0. The summed E-state index contributed by atoms with van der Waals surface area (Å²) in [6, 6.07) is 18.0. The summed E-state index contributed by atoms with van der Waals surface area (Å²) in [6.07, 6.45) is 3.75. The van der Waals surface area contributed by atoms with E-state index in [0.29, 0.717) is 13.1 Å². The zero-order chi connectivity index (χ0) is 21.2. The lowest BCUT2D eigenvalue weighted by Crippen LogP contribution is -2.37. The smallest absolute Gasteiger partial charge is 0.221 e. The van der Waals surface area contributed by atoms with Crippen LogP contribution in [0.25, 0.3) is 0 Å². The summed E-state index contributed by atoms with van der Waals surface area (Å²) >= 11 is 0. The third-order valence-corrected chi connectivity index (χ3v) is 4.47. The minimum Gasteiger partial charge on any atom is -0.357 e. The third-order valence-electron chi connectivity index (χ3n) is 4.47. The van der Waals surface area contributed by atoms with Crippen molar-refractivity contribution in [2.24, 2.45) is 4.99 Å². The molecule has 0 spiro atoms. The van der Waals surface area contributed by atoms with Crippen molar-refractivity contribution in [2.45, 2.75) is 33.5 Å². The minimum absolute atomic E-state index is 0. The van der Waals surface area contributed by atoms with E-state index in [0.717, 1.165) is 30.3 Å². The molecule has 1 heterocycles. The Labute approximate surface area is 200 Å². The second kappa shape index (κ2) is 12.7. The molecule has 0 unspecified atom stereocenters. The number of carbonyl (C=O) groups is 1. The maximum absolute atomic E-state index is 11.3. The van der Waals surface area contributed by atoms with Crippen molar-refractivity contribution < 1.29 is 4.79 Å². The molecule has 3 N–H and O–H groups in total. The van der Waals surface area contributed by atoms with Gasteiger partial charge in [0.15, 0.2) is 5.96 Å². The van der Waals surface area contributed by atoms with E-state index in [9.17, 15) is 4.79 Å². The highest BCUT2D eigenvalue weighted by molar-refractivity contribution is 14.0. The summed E-state index contributed by atoms with van der Waals surface area (Å²) < 4.78 is 1.92. The van der Waals surface area contributed by atoms with Crippen molar-refractivity contribution in [1.82, 2.24) is 20.4 Å². The van der Waals surface area contributed by atoms with E-state index >= 15 is 0 Å². The number of halogens is 1. The number of anilines is 1. The van der Waals surface area contributed by atoms with Crippen LogP contribution >= 0.6 is 24.0 Å². The summed E-state index contributed by atoms with van der Waals surface area (Å²) in [4.78, 5) is 15.9. The summed E-state index contributed by atoms with van der Waals surface area (Å²) in [7, 11) is 0. The van der Waals surface area contributed by atoms with Gasteiger partial charge < -0.3 is 16.0 Å². The average molecular weight is 532 g/mol. The van der Waals surface area contributed by atoms with Gasteiger partial charge in [-0.25, -0.2) is 4.99 Å². The van der Waals surface area contributed by atoms with Crippen LogP contribution in [0.2, 0.25) is 0 Å². The third kappa shape index (κ3) is 8.05. The van der Waals surface area contributed by atoms with E-state index in [1.165, 1.54) is 18.1 Å². The van der Waals surface area contributed by atoms with Gasteiger partial charge in [-0.1, -0.05) is 36.4 Å². The predicted octanol–water partition coefficient (Wildman–Crippen LogP) is 3.76. The molecule has 2 aromatic carbocycles. The largest absolute Gasteiger partial charge is 0.357 e. The molecule has 31 heavy (non-hydrogen) atoms. The molecule has 0 fully saturated rings. The molecule has 3 rings (SSSR count). The first-order valence-corrected chi connectivity index (χ1v) is 10.1. The highest BCUT2D eigenvalue weighted by Gasteiger charge is 2.05. The van der Waals surface area contributed by atoms with Crippen molar-refractivity contribution in [2.75, 3.05) is 11.9 Å². The molecule has 8 heteroatoms. The number of aromatic nitrogens is 2. The summed E-state index contributed by atoms with van der Waals surface area (Å²) in [5.41, 5.74) is 4.22. The fourth-order valence-corrected chi connectivity index (χ4v) is 3.09. The fraction of sp³-hybridized carbons (Fsp3) is 0.261. The molecule has 3 aromatic rings. The van der Waals surface area contributed by atoms with Crippen LogP contribution in [0, 0.1) is 0 Å². The SMILES string of the molecule is CCNC(=NCc1cccc(NC(C)=O)c1)NCc1ccccc1Cn1cccn1.I. The van der Waals surface area contributed by atoms with Crippen molar-refractivity contribution in [3.05, 3.63) is 83.7 Å². The van der Waals surface area contributed by atoms with Crippen LogP contribution in [0.3, 0.4) is 0 Å². The van der Waals surface area contributed by atoms with Crippen molar-refractivity contribution in [3.8, 4) is 0 Å². The monoisotopic (exact) mass is 532 g/mol. The van der Waals surface area contributed by atoms with Gasteiger partial charge in [-0.15, -0.1) is 24.0 Å². The maximum Gasteiger partial charge on any atom is 0.221 e. The Hall–Kier alpha value is -2.88. The van der Waals surface area contributed by atoms with E-state index in [1.54, 1.807) is 6.20 Å². The number of rotatable bonds is 8.